The van der Waals surface area contributed by atoms with E-state index in [9.17, 15) is 56.3 Å². The molecule has 0 aliphatic heterocycles. The number of ether oxygens (including phenoxy) is 2. The summed E-state index contributed by atoms with van der Waals surface area (Å²) in [5.74, 6) is -2.40. The minimum atomic E-state index is -5.00. The molecule has 61 heavy (non-hydrogen) atoms. The second kappa shape index (κ2) is 19.5. The molecule has 8 N–H and O–H groups in total. The number of hydrogen-bond acceptors (Lipinski definition) is 22. The third-order valence-electron chi connectivity index (χ3n) is 8.07. The number of phenolic OH excluding ortho intramolecular Hbond substituents is 2. The van der Waals surface area contributed by atoms with Crippen LogP contribution in [0.1, 0.15) is 12.5 Å². The molecule has 0 unspecified atom stereocenters. The third kappa shape index (κ3) is 10.8. The van der Waals surface area contributed by atoms with Crippen molar-refractivity contribution in [2.24, 2.45) is 30.7 Å². The zero-order valence-electron chi connectivity index (χ0n) is 31.3. The predicted molar refractivity (Wildman–Crippen MR) is 211 cm³/mol. The SMILES string of the molecule is CCn1c(O)c(/N=N/c2ccc(/N=N/c3cc(OCCO)c(/N=N/c4c(SOOO)cc5cc(S(=O)(=O)O)cc(O)c5c4O)cc3OCCO)c(S(=O)(=O)O)c2)c(C)cc1=O. The quantitative estimate of drug-likeness (QED) is 0.0156. The zero-order valence-corrected chi connectivity index (χ0v) is 33.8. The second-order valence-electron chi connectivity index (χ2n) is 12.1. The number of aryl methyl sites for hydroxylation is 1. The van der Waals surface area contributed by atoms with E-state index in [4.69, 9.17) is 14.7 Å². The minimum absolute atomic E-state index is 0.0638. The number of phenols is 2. The van der Waals surface area contributed by atoms with Gasteiger partial charge in [0.05, 0.1) is 46.1 Å². The van der Waals surface area contributed by atoms with Crippen molar-refractivity contribution in [3.05, 3.63) is 70.5 Å². The summed E-state index contributed by atoms with van der Waals surface area (Å²) in [5, 5.41) is 87.3. The molecule has 0 radical (unpaired) electrons. The van der Waals surface area contributed by atoms with Crippen LogP contribution in [0, 0.1) is 6.92 Å². The summed E-state index contributed by atoms with van der Waals surface area (Å²) >= 11 is 0.261. The second-order valence-corrected chi connectivity index (χ2v) is 15.6. The molecule has 5 aromatic rings. The molecule has 0 saturated heterocycles. The summed E-state index contributed by atoms with van der Waals surface area (Å²) in [4.78, 5) is 10.5. The molecule has 0 saturated carbocycles. The molecule has 0 aliphatic rings. The van der Waals surface area contributed by atoms with Gasteiger partial charge in [0, 0.05) is 30.8 Å². The van der Waals surface area contributed by atoms with Crippen LogP contribution in [0.5, 0.6) is 28.9 Å². The lowest BCUT2D eigenvalue weighted by atomic mass is 10.1. The van der Waals surface area contributed by atoms with Gasteiger partial charge in [0.2, 0.25) is 5.88 Å². The highest BCUT2D eigenvalue weighted by Gasteiger charge is 2.23. The molecule has 0 spiro atoms. The fourth-order valence-corrected chi connectivity index (χ4v) is 7.05. The highest BCUT2D eigenvalue weighted by atomic mass is 32.2. The molecule has 1 heterocycles. The lowest BCUT2D eigenvalue weighted by Gasteiger charge is -2.13. The van der Waals surface area contributed by atoms with E-state index >= 15 is 0 Å². The number of rotatable bonds is 18. The van der Waals surface area contributed by atoms with Gasteiger partial charge in [-0.3, -0.25) is 18.5 Å². The van der Waals surface area contributed by atoms with Crippen LogP contribution >= 0.6 is 12.0 Å². The van der Waals surface area contributed by atoms with Crippen molar-refractivity contribution in [3.63, 3.8) is 0 Å². The first kappa shape index (κ1) is 45.9. The maximum atomic E-state index is 12.5. The standard InChI is InChI=1S/C34H33N7O17S3/c1-3-41-29(45)10-17(2)31(34(41)47)39-35-19-4-5-21(28(13-19)61(52,53)54)36-37-22-15-26(56-9-7-43)23(16-25(22)55-8-6-42)38-40-32-27(59-58-57-48)12-18-11-20(60(49,50)51)14-24(44)30(18)33(32)46/h4-5,10-16,42-44,46-48H,3,6-9H2,1-2H3,(H,49,50,51)(H,52,53,54)/b37-36+,39-35+,40-38+. The number of azo groups is 3. The van der Waals surface area contributed by atoms with Gasteiger partial charge in [-0.2, -0.15) is 21.9 Å². The van der Waals surface area contributed by atoms with Crippen molar-refractivity contribution in [1.29, 1.82) is 0 Å². The lowest BCUT2D eigenvalue weighted by Crippen LogP contribution is -2.18. The molecule has 1 aromatic heterocycles. The van der Waals surface area contributed by atoms with Gasteiger partial charge in [0.1, 0.15) is 63.8 Å². The number of pyridine rings is 1. The molecule has 0 amide bonds. The summed E-state index contributed by atoms with van der Waals surface area (Å²) in [7, 11) is -9.81. The van der Waals surface area contributed by atoms with E-state index in [1.54, 1.807) is 6.92 Å². The van der Waals surface area contributed by atoms with E-state index in [1.807, 2.05) is 0 Å². The van der Waals surface area contributed by atoms with Crippen molar-refractivity contribution in [1.82, 2.24) is 4.57 Å². The van der Waals surface area contributed by atoms with Gasteiger partial charge >= 0.3 is 0 Å². The van der Waals surface area contributed by atoms with E-state index in [0.29, 0.717) is 6.07 Å². The third-order valence-corrected chi connectivity index (χ3v) is 10.4. The summed E-state index contributed by atoms with van der Waals surface area (Å²) < 4.78 is 84.8. The molecule has 0 atom stereocenters. The molecule has 0 fully saturated rings. The number of aromatic hydroxyl groups is 3. The Hall–Kier alpha value is -6.14. The minimum Gasteiger partial charge on any atom is -0.507 e. The first-order valence-corrected chi connectivity index (χ1v) is 20.6. The Bertz CT molecular complexity index is 2850. The molecule has 0 bridgehead atoms. The van der Waals surface area contributed by atoms with Crippen molar-refractivity contribution >= 4 is 77.2 Å². The number of aliphatic hydroxyl groups excluding tert-OH is 2. The Balaban J connectivity index is 1.59. The van der Waals surface area contributed by atoms with Crippen molar-refractivity contribution in [2.45, 2.75) is 35.1 Å². The average molecular weight is 908 g/mol. The molecule has 4 aromatic carbocycles. The van der Waals surface area contributed by atoms with Crippen LogP contribution in [0.2, 0.25) is 0 Å². The molecule has 324 valence electrons. The first-order valence-electron chi connectivity index (χ1n) is 17.0. The van der Waals surface area contributed by atoms with E-state index < -0.39 is 77.6 Å². The fraction of sp³-hybridized carbons (Fsp3) is 0.206. The molecular weight excluding hydrogens is 875 g/mol. The molecule has 27 heteroatoms. The molecule has 0 aliphatic carbocycles. The van der Waals surface area contributed by atoms with Crippen LogP contribution in [-0.4, -0.2) is 87.7 Å². The first-order chi connectivity index (χ1) is 28.9. The van der Waals surface area contributed by atoms with Crippen molar-refractivity contribution in [2.75, 3.05) is 26.4 Å². The largest absolute Gasteiger partial charge is 0.507 e. The Kier molecular flexibility index (Phi) is 14.7. The maximum Gasteiger partial charge on any atom is 0.296 e. The van der Waals surface area contributed by atoms with Gasteiger partial charge < -0.3 is 35.0 Å². The topological polar surface area (TPSA) is 363 Å². The number of nitrogens with zero attached hydrogens (tertiary/aromatic N) is 7. The smallest absolute Gasteiger partial charge is 0.296 e. The molecule has 5 rings (SSSR count). The monoisotopic (exact) mass is 907 g/mol. The van der Waals surface area contributed by atoms with Crippen LogP contribution in [-0.2, 0) is 36.2 Å². The number of fused-ring (bicyclic) bond motifs is 1. The van der Waals surface area contributed by atoms with Crippen LogP contribution in [0.3, 0.4) is 0 Å². The highest BCUT2D eigenvalue weighted by Crippen LogP contribution is 2.49. The van der Waals surface area contributed by atoms with Crippen molar-refractivity contribution < 1.29 is 75.6 Å². The van der Waals surface area contributed by atoms with Gasteiger partial charge in [0.15, 0.2) is 5.75 Å². The summed E-state index contributed by atoms with van der Waals surface area (Å²) in [6.07, 6.45) is 0. The van der Waals surface area contributed by atoms with Crippen molar-refractivity contribution in [3.8, 4) is 28.9 Å². The maximum absolute atomic E-state index is 12.5. The summed E-state index contributed by atoms with van der Waals surface area (Å²) in [6, 6.07) is 9.59. The summed E-state index contributed by atoms with van der Waals surface area (Å²) in [5.41, 5.74) is -1.60. The normalized spacial score (nSPS) is 12.4. The summed E-state index contributed by atoms with van der Waals surface area (Å²) in [6.45, 7) is 1.60. The Morgan fingerprint density at radius 3 is 1.92 bits per heavy atom. The Morgan fingerprint density at radius 1 is 0.738 bits per heavy atom. The fourth-order valence-electron chi connectivity index (χ4n) is 5.38. The van der Waals surface area contributed by atoms with Gasteiger partial charge in [-0.25, -0.2) is 5.26 Å². The van der Waals surface area contributed by atoms with Gasteiger partial charge in [-0.1, -0.05) is 5.04 Å². The predicted octanol–water partition coefficient (Wildman–Crippen LogP) is 6.36. The van der Waals surface area contributed by atoms with E-state index in [2.05, 4.69) is 40.1 Å². The van der Waals surface area contributed by atoms with Crippen LogP contribution in [0.25, 0.3) is 10.8 Å². The average Bonchev–Trinajstić information content (AvgIpc) is 3.19. The number of aliphatic hydroxyl groups is 2. The Labute approximate surface area is 347 Å². The lowest BCUT2D eigenvalue weighted by molar-refractivity contribution is -0.432. The number of benzene rings is 4. The van der Waals surface area contributed by atoms with E-state index in [1.165, 1.54) is 31.2 Å². The van der Waals surface area contributed by atoms with Crippen LogP contribution in [0.4, 0.5) is 34.1 Å². The van der Waals surface area contributed by atoms with E-state index in [0.717, 1.165) is 28.8 Å². The van der Waals surface area contributed by atoms with Crippen LogP contribution < -0.4 is 15.0 Å². The Morgan fingerprint density at radius 2 is 1.34 bits per heavy atom. The van der Waals surface area contributed by atoms with Gasteiger partial charge in [-0.15, -0.1) is 29.9 Å². The highest BCUT2D eigenvalue weighted by molar-refractivity contribution is 7.94. The van der Waals surface area contributed by atoms with Gasteiger partial charge in [-0.05, 0) is 55.1 Å². The van der Waals surface area contributed by atoms with E-state index in [-0.39, 0.29) is 87.3 Å². The van der Waals surface area contributed by atoms with Crippen LogP contribution in [0.15, 0.2) is 105 Å². The number of aromatic nitrogens is 1. The number of hydrogen-bond donors (Lipinski definition) is 8. The van der Waals surface area contributed by atoms with Gasteiger partial charge in [0.25, 0.3) is 25.8 Å². The zero-order chi connectivity index (χ0) is 44.6. The molecular formula is C34H33N7O17S3. The molecule has 24 nitrogen and oxygen atoms in total.